The predicted molar refractivity (Wildman–Crippen MR) is 113 cm³/mol. The van der Waals surface area contributed by atoms with Gasteiger partial charge in [-0.15, -0.1) is 0 Å². The van der Waals surface area contributed by atoms with Crippen molar-refractivity contribution in [3.8, 4) is 11.1 Å². The van der Waals surface area contributed by atoms with Crippen molar-refractivity contribution in [2.45, 2.75) is 19.8 Å². The molecule has 0 bridgehead atoms. The normalized spacial score (nSPS) is 15.6. The fraction of sp³-hybridized carbons (Fsp3) is 0.190. The summed E-state index contributed by atoms with van der Waals surface area (Å²) in [4.78, 5) is 25.3. The van der Waals surface area contributed by atoms with Gasteiger partial charge in [0.1, 0.15) is 4.32 Å². The fourth-order valence-corrected chi connectivity index (χ4v) is 4.17. The number of benzene rings is 2. The molecule has 1 aliphatic rings. The van der Waals surface area contributed by atoms with Crippen LogP contribution in [0.4, 0.5) is 0 Å². The van der Waals surface area contributed by atoms with E-state index in [2.05, 4.69) is 25.1 Å². The van der Waals surface area contributed by atoms with E-state index in [1.165, 1.54) is 22.2 Å². The zero-order valence-corrected chi connectivity index (χ0v) is 16.5. The number of thioether (sulfide) groups is 1. The molecule has 1 saturated heterocycles. The topological polar surface area (TPSA) is 57.6 Å². The van der Waals surface area contributed by atoms with Crippen molar-refractivity contribution in [2.75, 3.05) is 6.54 Å². The predicted octanol–water partition coefficient (Wildman–Crippen LogP) is 4.73. The fourth-order valence-electron chi connectivity index (χ4n) is 2.87. The molecule has 6 heteroatoms. The second-order valence-electron chi connectivity index (χ2n) is 6.33. The van der Waals surface area contributed by atoms with Crippen LogP contribution in [0.25, 0.3) is 17.2 Å². The van der Waals surface area contributed by atoms with Gasteiger partial charge in [0.15, 0.2) is 0 Å². The lowest BCUT2D eigenvalue weighted by Gasteiger charge is -2.13. The summed E-state index contributed by atoms with van der Waals surface area (Å²) in [5, 5.41) is 8.75. The van der Waals surface area contributed by atoms with Crippen molar-refractivity contribution >= 4 is 46.3 Å². The summed E-state index contributed by atoms with van der Waals surface area (Å²) < 4.78 is 0.478. The molecule has 138 valence electrons. The molecule has 0 spiro atoms. The summed E-state index contributed by atoms with van der Waals surface area (Å²) in [6.07, 6.45) is 2.25. The highest BCUT2D eigenvalue weighted by Gasteiger charge is 2.31. The van der Waals surface area contributed by atoms with Crippen molar-refractivity contribution in [3.63, 3.8) is 0 Å². The maximum atomic E-state index is 12.6. The van der Waals surface area contributed by atoms with Gasteiger partial charge in [-0.3, -0.25) is 14.5 Å². The van der Waals surface area contributed by atoms with Gasteiger partial charge < -0.3 is 5.11 Å². The van der Waals surface area contributed by atoms with Gasteiger partial charge in [-0.25, -0.2) is 0 Å². The molecule has 1 heterocycles. The van der Waals surface area contributed by atoms with E-state index in [1.54, 1.807) is 0 Å². The highest BCUT2D eigenvalue weighted by Crippen LogP contribution is 2.33. The molecular formula is C21H19NO3S2. The van der Waals surface area contributed by atoms with Crippen molar-refractivity contribution in [1.82, 2.24) is 4.90 Å². The monoisotopic (exact) mass is 397 g/mol. The second-order valence-corrected chi connectivity index (χ2v) is 8.00. The summed E-state index contributed by atoms with van der Waals surface area (Å²) in [6, 6.07) is 16.3. The number of thiocarbonyl (C=S) groups is 1. The lowest BCUT2D eigenvalue weighted by molar-refractivity contribution is -0.137. The van der Waals surface area contributed by atoms with Crippen LogP contribution in [-0.2, 0) is 9.59 Å². The lowest BCUT2D eigenvalue weighted by Crippen LogP contribution is -2.29. The van der Waals surface area contributed by atoms with Crippen molar-refractivity contribution in [2.24, 2.45) is 0 Å². The van der Waals surface area contributed by atoms with E-state index < -0.39 is 5.97 Å². The summed E-state index contributed by atoms with van der Waals surface area (Å²) >= 11 is 6.55. The number of hydrogen-bond acceptors (Lipinski definition) is 4. The number of amides is 1. The first-order valence-electron chi connectivity index (χ1n) is 8.58. The highest BCUT2D eigenvalue weighted by atomic mass is 32.2. The largest absolute Gasteiger partial charge is 0.481 e. The Hall–Kier alpha value is -2.44. The van der Waals surface area contributed by atoms with E-state index in [0.717, 1.165) is 16.7 Å². The van der Waals surface area contributed by atoms with Crippen molar-refractivity contribution in [3.05, 3.63) is 64.6 Å². The minimum absolute atomic E-state index is 0.0225. The Labute approximate surface area is 167 Å². The van der Waals surface area contributed by atoms with Crippen LogP contribution >= 0.6 is 24.0 Å². The smallest absolute Gasteiger partial charge is 0.303 e. The van der Waals surface area contributed by atoms with Gasteiger partial charge >= 0.3 is 5.97 Å². The number of carbonyl (C=O) groups excluding carboxylic acids is 1. The van der Waals surface area contributed by atoms with Crippen LogP contribution in [0.2, 0.25) is 0 Å². The number of hydrogen-bond donors (Lipinski definition) is 1. The van der Waals surface area contributed by atoms with E-state index in [4.69, 9.17) is 17.3 Å². The average molecular weight is 398 g/mol. The van der Waals surface area contributed by atoms with Crippen molar-refractivity contribution in [1.29, 1.82) is 0 Å². The molecule has 1 fully saturated rings. The molecule has 0 radical (unpaired) electrons. The van der Waals surface area contributed by atoms with Gasteiger partial charge in [0.25, 0.3) is 5.91 Å². The SMILES string of the molecule is Cc1cccc(-c2cccc(C=C3SC(=S)N(CCCC(=O)O)C3=O)c2)c1. The number of carboxylic acids is 1. The Kier molecular flexibility index (Phi) is 6.08. The van der Waals surface area contributed by atoms with Crippen LogP contribution in [-0.4, -0.2) is 32.7 Å². The molecule has 1 N–H and O–H groups in total. The molecule has 1 aliphatic heterocycles. The zero-order valence-electron chi connectivity index (χ0n) is 14.8. The van der Waals surface area contributed by atoms with Gasteiger partial charge in [-0.1, -0.05) is 72.0 Å². The Balaban J connectivity index is 1.79. The third-order valence-electron chi connectivity index (χ3n) is 4.18. The molecule has 2 aromatic carbocycles. The first-order chi connectivity index (χ1) is 12.9. The summed E-state index contributed by atoms with van der Waals surface area (Å²) in [5.74, 6) is -1.03. The second kappa shape index (κ2) is 8.50. The van der Waals surface area contributed by atoms with Crippen LogP contribution in [0.5, 0.6) is 0 Å². The van der Waals surface area contributed by atoms with Gasteiger partial charge in [0.2, 0.25) is 0 Å². The average Bonchev–Trinajstić information content (AvgIpc) is 2.89. The van der Waals surface area contributed by atoms with Crippen LogP contribution < -0.4 is 0 Å². The first-order valence-corrected chi connectivity index (χ1v) is 9.81. The highest BCUT2D eigenvalue weighted by molar-refractivity contribution is 8.26. The van der Waals surface area contributed by atoms with E-state index >= 15 is 0 Å². The van der Waals surface area contributed by atoms with Crippen LogP contribution in [0, 0.1) is 6.92 Å². The molecule has 3 rings (SSSR count). The summed E-state index contributed by atoms with van der Waals surface area (Å²) in [6.45, 7) is 2.39. The molecular weight excluding hydrogens is 378 g/mol. The van der Waals surface area contributed by atoms with E-state index in [1.807, 2.05) is 36.4 Å². The number of aliphatic carboxylic acids is 1. The van der Waals surface area contributed by atoms with E-state index in [0.29, 0.717) is 22.2 Å². The zero-order chi connectivity index (χ0) is 19.4. The van der Waals surface area contributed by atoms with Gasteiger partial charge in [-0.2, -0.15) is 0 Å². The Morgan fingerprint density at radius 3 is 2.59 bits per heavy atom. The number of carbonyl (C=O) groups is 2. The third-order valence-corrected chi connectivity index (χ3v) is 5.56. The molecule has 0 unspecified atom stereocenters. The molecule has 27 heavy (non-hydrogen) atoms. The van der Waals surface area contributed by atoms with Crippen LogP contribution in [0.15, 0.2) is 53.4 Å². The Morgan fingerprint density at radius 1 is 1.19 bits per heavy atom. The standard InChI is InChI=1S/C21H19NO3S2/c1-14-5-2-7-16(11-14)17-8-3-6-15(12-17)13-18-20(25)22(21(26)27-18)10-4-9-19(23)24/h2-3,5-8,11-13H,4,9-10H2,1H3,(H,23,24). The maximum Gasteiger partial charge on any atom is 0.303 e. The number of nitrogens with zero attached hydrogens (tertiary/aromatic N) is 1. The minimum Gasteiger partial charge on any atom is -0.481 e. The van der Waals surface area contributed by atoms with Gasteiger partial charge in [-0.05, 0) is 42.2 Å². The Bertz CT molecular complexity index is 937. The molecule has 4 nitrogen and oxygen atoms in total. The number of aryl methyl sites for hydroxylation is 1. The molecule has 2 aromatic rings. The van der Waals surface area contributed by atoms with Crippen molar-refractivity contribution < 1.29 is 14.7 Å². The number of carboxylic acid groups (broad SMARTS) is 1. The molecule has 1 amide bonds. The summed E-state index contributed by atoms with van der Waals surface area (Å²) in [7, 11) is 0. The molecule has 0 aliphatic carbocycles. The minimum atomic E-state index is -0.871. The molecule has 0 saturated carbocycles. The molecule has 0 aromatic heterocycles. The third kappa shape index (κ3) is 4.84. The van der Waals surface area contributed by atoms with Crippen LogP contribution in [0.3, 0.4) is 0 Å². The van der Waals surface area contributed by atoms with Crippen LogP contribution in [0.1, 0.15) is 24.0 Å². The van der Waals surface area contributed by atoms with Gasteiger partial charge in [0, 0.05) is 13.0 Å². The summed E-state index contributed by atoms with van der Waals surface area (Å²) in [5.41, 5.74) is 4.34. The van der Waals surface area contributed by atoms with E-state index in [9.17, 15) is 9.59 Å². The van der Waals surface area contributed by atoms with E-state index in [-0.39, 0.29) is 12.3 Å². The maximum absolute atomic E-state index is 12.6. The first kappa shape index (κ1) is 19.3. The Morgan fingerprint density at radius 2 is 1.89 bits per heavy atom. The quantitative estimate of drug-likeness (QED) is 0.564. The van der Waals surface area contributed by atoms with Gasteiger partial charge in [0.05, 0.1) is 4.91 Å². The number of rotatable bonds is 6. The molecule has 0 atom stereocenters. The lowest BCUT2D eigenvalue weighted by atomic mass is 10.0.